The van der Waals surface area contributed by atoms with Gasteiger partial charge in [0, 0.05) is 13.2 Å². The number of methoxy groups -OCH3 is 1. The molecule has 0 saturated heterocycles. The number of nitrogens with two attached hydrogens (primary N) is 1. The predicted octanol–water partition coefficient (Wildman–Crippen LogP) is 4.21. The summed E-state index contributed by atoms with van der Waals surface area (Å²) in [5.41, 5.74) is 7.35. The van der Waals surface area contributed by atoms with E-state index in [0.29, 0.717) is 10.0 Å². The third kappa shape index (κ3) is 3.43. The Kier molecular flexibility index (Phi) is 5.13. The van der Waals surface area contributed by atoms with Crippen molar-refractivity contribution in [1.29, 1.82) is 0 Å². The van der Waals surface area contributed by atoms with Crippen molar-refractivity contribution < 1.29 is 4.74 Å². The molecule has 1 aromatic rings. The van der Waals surface area contributed by atoms with E-state index in [9.17, 15) is 0 Å². The first-order chi connectivity index (χ1) is 9.07. The van der Waals surface area contributed by atoms with Gasteiger partial charge in [-0.25, -0.2) is 0 Å². The van der Waals surface area contributed by atoms with Crippen LogP contribution in [-0.4, -0.2) is 18.8 Å². The number of ether oxygens (including phenoxy) is 1. The van der Waals surface area contributed by atoms with Crippen LogP contribution < -0.4 is 5.73 Å². The van der Waals surface area contributed by atoms with Crippen LogP contribution in [0.1, 0.15) is 37.7 Å². The van der Waals surface area contributed by atoms with Crippen LogP contribution in [0.5, 0.6) is 0 Å². The molecular formula is C15H21Cl2NO. The number of hydrogen-bond acceptors (Lipinski definition) is 2. The first kappa shape index (κ1) is 15.1. The second kappa shape index (κ2) is 6.45. The topological polar surface area (TPSA) is 35.2 Å². The van der Waals surface area contributed by atoms with Gasteiger partial charge in [-0.05, 0) is 37.0 Å². The normalized spacial score (nSPS) is 20.2. The first-order valence-electron chi connectivity index (χ1n) is 6.82. The lowest BCUT2D eigenvalue weighted by Gasteiger charge is -2.41. The molecule has 0 aliphatic heterocycles. The second-order valence-corrected chi connectivity index (χ2v) is 6.20. The van der Waals surface area contributed by atoms with Crippen LogP contribution in [-0.2, 0) is 11.2 Å². The quantitative estimate of drug-likeness (QED) is 0.904. The van der Waals surface area contributed by atoms with Crippen LogP contribution in [0.15, 0.2) is 18.2 Å². The average Bonchev–Trinajstić information content (AvgIpc) is 2.43. The van der Waals surface area contributed by atoms with Crippen LogP contribution in [0.25, 0.3) is 0 Å². The van der Waals surface area contributed by atoms with E-state index >= 15 is 0 Å². The Bertz CT molecular complexity index is 430. The first-order valence-corrected chi connectivity index (χ1v) is 7.58. The van der Waals surface area contributed by atoms with Gasteiger partial charge in [-0.2, -0.15) is 0 Å². The summed E-state index contributed by atoms with van der Waals surface area (Å²) in [6.07, 6.45) is 6.54. The molecule has 0 bridgehead atoms. The fourth-order valence-corrected chi connectivity index (χ4v) is 3.30. The molecule has 19 heavy (non-hydrogen) atoms. The van der Waals surface area contributed by atoms with Crippen LogP contribution in [0.2, 0.25) is 10.0 Å². The SMILES string of the molecule is COC1(C(N)Cc2ccc(Cl)c(Cl)c2)CCCCC1. The molecule has 2 N–H and O–H groups in total. The summed E-state index contributed by atoms with van der Waals surface area (Å²) in [5, 5.41) is 1.17. The molecule has 0 heterocycles. The minimum absolute atomic E-state index is 0.00459. The Hall–Kier alpha value is -0.280. The zero-order valence-electron chi connectivity index (χ0n) is 11.3. The highest BCUT2D eigenvalue weighted by Gasteiger charge is 2.37. The molecule has 4 heteroatoms. The lowest BCUT2D eigenvalue weighted by molar-refractivity contribution is -0.0582. The molecule has 0 aromatic heterocycles. The van der Waals surface area contributed by atoms with Gasteiger partial charge in [-0.15, -0.1) is 0 Å². The van der Waals surface area contributed by atoms with Gasteiger partial charge < -0.3 is 10.5 Å². The van der Waals surface area contributed by atoms with Crippen molar-refractivity contribution in [2.45, 2.75) is 50.2 Å². The van der Waals surface area contributed by atoms with Gasteiger partial charge in [0.05, 0.1) is 15.6 Å². The van der Waals surface area contributed by atoms with Crippen molar-refractivity contribution in [2.24, 2.45) is 5.73 Å². The molecule has 1 aliphatic rings. The van der Waals surface area contributed by atoms with Crippen LogP contribution >= 0.6 is 23.2 Å². The molecule has 1 fully saturated rings. The van der Waals surface area contributed by atoms with Gasteiger partial charge in [-0.3, -0.25) is 0 Å². The summed E-state index contributed by atoms with van der Waals surface area (Å²) in [6, 6.07) is 5.71. The van der Waals surface area contributed by atoms with E-state index in [4.69, 9.17) is 33.7 Å². The Balaban J connectivity index is 2.10. The smallest absolute Gasteiger partial charge is 0.0832 e. The summed E-state index contributed by atoms with van der Waals surface area (Å²) in [6.45, 7) is 0. The largest absolute Gasteiger partial charge is 0.377 e. The monoisotopic (exact) mass is 301 g/mol. The Morgan fingerprint density at radius 1 is 1.21 bits per heavy atom. The van der Waals surface area contributed by atoms with E-state index in [2.05, 4.69) is 0 Å². The van der Waals surface area contributed by atoms with Gasteiger partial charge in [0.2, 0.25) is 0 Å². The van der Waals surface area contributed by atoms with Gasteiger partial charge in [0.25, 0.3) is 0 Å². The molecule has 2 nitrogen and oxygen atoms in total. The van der Waals surface area contributed by atoms with Crippen LogP contribution in [0.4, 0.5) is 0 Å². The lowest BCUT2D eigenvalue weighted by atomic mass is 9.77. The Morgan fingerprint density at radius 2 is 1.89 bits per heavy atom. The van der Waals surface area contributed by atoms with Gasteiger partial charge in [0.1, 0.15) is 0 Å². The number of benzene rings is 1. The minimum atomic E-state index is -0.176. The summed E-state index contributed by atoms with van der Waals surface area (Å²) in [7, 11) is 1.78. The molecule has 0 radical (unpaired) electrons. The standard InChI is InChI=1S/C15H21Cl2NO/c1-19-15(7-3-2-4-8-15)14(18)10-11-5-6-12(16)13(17)9-11/h5-6,9,14H,2-4,7-8,10,18H2,1H3. The average molecular weight is 302 g/mol. The van der Waals surface area contributed by atoms with Crippen molar-refractivity contribution in [3.63, 3.8) is 0 Å². The van der Waals surface area contributed by atoms with E-state index in [0.717, 1.165) is 24.8 Å². The van der Waals surface area contributed by atoms with Crippen molar-refractivity contribution in [3.05, 3.63) is 33.8 Å². The van der Waals surface area contributed by atoms with Gasteiger partial charge >= 0.3 is 0 Å². The summed E-state index contributed by atoms with van der Waals surface area (Å²) >= 11 is 12.0. The molecule has 1 aliphatic carbocycles. The third-order valence-electron chi connectivity index (χ3n) is 4.22. The highest BCUT2D eigenvalue weighted by molar-refractivity contribution is 6.42. The fourth-order valence-electron chi connectivity index (χ4n) is 2.98. The molecule has 1 atom stereocenters. The Labute approximate surface area is 125 Å². The van der Waals surface area contributed by atoms with E-state index in [1.807, 2.05) is 18.2 Å². The molecule has 0 spiro atoms. The second-order valence-electron chi connectivity index (χ2n) is 5.39. The summed E-state index contributed by atoms with van der Waals surface area (Å²) in [4.78, 5) is 0. The van der Waals surface area contributed by atoms with Gasteiger partial charge in [0.15, 0.2) is 0 Å². The summed E-state index contributed by atoms with van der Waals surface area (Å²) in [5.74, 6) is 0. The van der Waals surface area contributed by atoms with Crippen LogP contribution in [0, 0.1) is 0 Å². The molecule has 2 rings (SSSR count). The Morgan fingerprint density at radius 3 is 2.47 bits per heavy atom. The van der Waals surface area contributed by atoms with Gasteiger partial charge in [-0.1, -0.05) is 48.5 Å². The highest BCUT2D eigenvalue weighted by atomic mass is 35.5. The molecule has 1 aromatic carbocycles. The minimum Gasteiger partial charge on any atom is -0.377 e. The molecule has 1 saturated carbocycles. The fraction of sp³-hybridized carbons (Fsp3) is 0.600. The van der Waals surface area contributed by atoms with Crippen molar-refractivity contribution >= 4 is 23.2 Å². The highest BCUT2D eigenvalue weighted by Crippen LogP contribution is 2.35. The maximum absolute atomic E-state index is 6.41. The maximum atomic E-state index is 6.41. The number of halogens is 2. The van der Waals surface area contributed by atoms with Crippen molar-refractivity contribution in [1.82, 2.24) is 0 Å². The maximum Gasteiger partial charge on any atom is 0.0832 e. The van der Waals surface area contributed by atoms with E-state index < -0.39 is 0 Å². The zero-order chi connectivity index (χ0) is 13.9. The number of hydrogen-bond donors (Lipinski definition) is 1. The van der Waals surface area contributed by atoms with E-state index in [1.165, 1.54) is 19.3 Å². The number of rotatable bonds is 4. The third-order valence-corrected chi connectivity index (χ3v) is 4.96. The predicted molar refractivity (Wildman–Crippen MR) is 81.0 cm³/mol. The zero-order valence-corrected chi connectivity index (χ0v) is 12.8. The van der Waals surface area contributed by atoms with Crippen LogP contribution in [0.3, 0.4) is 0 Å². The van der Waals surface area contributed by atoms with E-state index in [1.54, 1.807) is 7.11 Å². The molecule has 1 unspecified atom stereocenters. The van der Waals surface area contributed by atoms with Crippen molar-refractivity contribution in [2.75, 3.05) is 7.11 Å². The lowest BCUT2D eigenvalue weighted by Crippen LogP contribution is -2.51. The van der Waals surface area contributed by atoms with Crippen molar-refractivity contribution in [3.8, 4) is 0 Å². The molecular weight excluding hydrogens is 281 g/mol. The summed E-state index contributed by atoms with van der Waals surface area (Å²) < 4.78 is 5.78. The molecule has 106 valence electrons. The molecule has 0 amide bonds. The van der Waals surface area contributed by atoms with E-state index in [-0.39, 0.29) is 11.6 Å².